The fourth-order valence-corrected chi connectivity index (χ4v) is 4.37. The van der Waals surface area contributed by atoms with Gasteiger partial charge in [0, 0.05) is 32.1 Å². The zero-order valence-electron chi connectivity index (χ0n) is 15.4. The van der Waals surface area contributed by atoms with Gasteiger partial charge in [-0.1, -0.05) is 11.6 Å². The minimum Gasteiger partial charge on any atom is -0.486 e. The van der Waals surface area contributed by atoms with Crippen molar-refractivity contribution in [2.75, 3.05) is 19.7 Å². The number of ether oxygens (including phenoxy) is 2. The molecule has 2 aliphatic heterocycles. The van der Waals surface area contributed by atoms with E-state index in [9.17, 15) is 4.79 Å². The van der Waals surface area contributed by atoms with Crippen LogP contribution in [0.4, 0.5) is 0 Å². The van der Waals surface area contributed by atoms with Crippen LogP contribution in [0.1, 0.15) is 51.4 Å². The predicted octanol–water partition coefficient (Wildman–Crippen LogP) is 3.50. The molecule has 5 nitrogen and oxygen atoms in total. The summed E-state index contributed by atoms with van der Waals surface area (Å²) in [5.41, 5.74) is 1.22. The molecular weight excluding hydrogens is 328 g/mol. The zero-order chi connectivity index (χ0) is 17.8. The van der Waals surface area contributed by atoms with Crippen LogP contribution in [0.3, 0.4) is 0 Å². The zero-order valence-corrected chi connectivity index (χ0v) is 15.4. The quantitative estimate of drug-likeness (QED) is 0.775. The normalized spacial score (nSPS) is 25.2. The molecule has 4 rings (SSSR count). The van der Waals surface area contributed by atoms with Crippen LogP contribution in [0.2, 0.25) is 0 Å². The molecule has 26 heavy (non-hydrogen) atoms. The molecule has 1 amide bonds. The molecule has 1 aromatic heterocycles. The highest BCUT2D eigenvalue weighted by Crippen LogP contribution is 2.37. The molecular formula is C21H28N2O3. The van der Waals surface area contributed by atoms with Gasteiger partial charge in [0.25, 0.3) is 0 Å². The van der Waals surface area contributed by atoms with Crippen LogP contribution in [-0.4, -0.2) is 47.2 Å². The van der Waals surface area contributed by atoms with Gasteiger partial charge in [-0.15, -0.1) is 0 Å². The first kappa shape index (κ1) is 17.5. The molecule has 3 heterocycles. The number of piperidine rings is 1. The molecule has 0 bridgehead atoms. The van der Waals surface area contributed by atoms with Crippen LogP contribution in [0.15, 0.2) is 36.2 Å². The number of hydrogen-bond acceptors (Lipinski definition) is 4. The maximum absolute atomic E-state index is 12.6. The van der Waals surface area contributed by atoms with Crippen molar-refractivity contribution in [3.63, 3.8) is 0 Å². The van der Waals surface area contributed by atoms with E-state index in [1.165, 1.54) is 18.4 Å². The van der Waals surface area contributed by atoms with Crippen LogP contribution in [0.5, 0.6) is 5.75 Å². The maximum atomic E-state index is 12.6. The standard InChI is InChI=1S/C21H28N2O3/c24-20(13-17-5-2-1-3-6-17)23-11-8-21(9-12-23)14-19(16-25-21)26-18-7-4-10-22-15-18/h4-5,7,10,15,19H,1-3,6,8-9,11-14,16H2/t19-/m0/s1. The fraction of sp³-hybridized carbons (Fsp3) is 0.619. The topological polar surface area (TPSA) is 51.7 Å². The molecule has 3 aliphatic rings. The van der Waals surface area contributed by atoms with Crippen molar-refractivity contribution < 1.29 is 14.3 Å². The third-order valence-corrected chi connectivity index (χ3v) is 5.90. The third-order valence-electron chi connectivity index (χ3n) is 5.90. The van der Waals surface area contributed by atoms with Crippen LogP contribution in [0, 0.1) is 0 Å². The highest BCUT2D eigenvalue weighted by Gasteiger charge is 2.44. The van der Waals surface area contributed by atoms with E-state index in [-0.39, 0.29) is 17.6 Å². The molecule has 2 saturated heterocycles. The Bertz CT molecular complexity index is 650. The van der Waals surface area contributed by atoms with Crippen molar-refractivity contribution in [1.82, 2.24) is 9.88 Å². The van der Waals surface area contributed by atoms with Gasteiger partial charge in [-0.05, 0) is 50.7 Å². The molecule has 1 atom stereocenters. The Balaban J connectivity index is 1.26. The molecule has 1 aliphatic carbocycles. The lowest BCUT2D eigenvalue weighted by atomic mass is 9.87. The van der Waals surface area contributed by atoms with E-state index in [2.05, 4.69) is 11.1 Å². The van der Waals surface area contributed by atoms with E-state index < -0.39 is 0 Å². The van der Waals surface area contributed by atoms with E-state index >= 15 is 0 Å². The summed E-state index contributed by atoms with van der Waals surface area (Å²) in [5.74, 6) is 1.08. The lowest BCUT2D eigenvalue weighted by Crippen LogP contribution is -2.46. The molecule has 5 heteroatoms. The number of amides is 1. The van der Waals surface area contributed by atoms with Crippen molar-refractivity contribution in [1.29, 1.82) is 0 Å². The largest absolute Gasteiger partial charge is 0.486 e. The predicted molar refractivity (Wildman–Crippen MR) is 98.9 cm³/mol. The Hall–Kier alpha value is -1.88. The SMILES string of the molecule is O=C(CC1=CCCCC1)N1CCC2(CC1)C[C@H](Oc1cccnc1)CO2. The third kappa shape index (κ3) is 4.09. The second-order valence-corrected chi connectivity index (χ2v) is 7.79. The van der Waals surface area contributed by atoms with Gasteiger partial charge >= 0.3 is 0 Å². The minimum atomic E-state index is -0.117. The number of aromatic nitrogens is 1. The Morgan fingerprint density at radius 2 is 2.23 bits per heavy atom. The van der Waals surface area contributed by atoms with Gasteiger partial charge in [0.05, 0.1) is 18.4 Å². The Morgan fingerprint density at radius 3 is 2.96 bits per heavy atom. The van der Waals surface area contributed by atoms with Gasteiger partial charge < -0.3 is 14.4 Å². The lowest BCUT2D eigenvalue weighted by molar-refractivity contribution is -0.135. The van der Waals surface area contributed by atoms with Crippen LogP contribution in [0.25, 0.3) is 0 Å². The number of likely N-dealkylation sites (tertiary alicyclic amines) is 1. The average molecular weight is 356 g/mol. The highest BCUT2D eigenvalue weighted by atomic mass is 16.6. The Labute approximate surface area is 155 Å². The first-order valence-electron chi connectivity index (χ1n) is 9.89. The molecule has 0 saturated carbocycles. The summed E-state index contributed by atoms with van der Waals surface area (Å²) in [6.45, 7) is 2.22. The van der Waals surface area contributed by atoms with Gasteiger partial charge in [0.1, 0.15) is 11.9 Å². The Kier molecular flexibility index (Phi) is 5.25. The first-order valence-corrected chi connectivity index (χ1v) is 9.89. The summed E-state index contributed by atoms with van der Waals surface area (Å²) in [6, 6.07) is 3.81. The number of hydrogen-bond donors (Lipinski definition) is 0. The molecule has 1 spiro atoms. The van der Waals surface area contributed by atoms with Gasteiger partial charge in [-0.2, -0.15) is 0 Å². The number of nitrogens with zero attached hydrogens (tertiary/aromatic N) is 2. The molecule has 1 aromatic rings. The van der Waals surface area contributed by atoms with Crippen LogP contribution < -0.4 is 4.74 Å². The number of rotatable bonds is 4. The van der Waals surface area contributed by atoms with Gasteiger partial charge in [-0.3, -0.25) is 9.78 Å². The minimum absolute atomic E-state index is 0.0776. The molecule has 140 valence electrons. The van der Waals surface area contributed by atoms with Crippen molar-refractivity contribution in [2.24, 2.45) is 0 Å². The second-order valence-electron chi connectivity index (χ2n) is 7.79. The summed E-state index contributed by atoms with van der Waals surface area (Å²) in [7, 11) is 0. The number of carbonyl (C=O) groups is 1. The number of allylic oxidation sites excluding steroid dienone is 1. The fourth-order valence-electron chi connectivity index (χ4n) is 4.37. The summed E-state index contributed by atoms with van der Waals surface area (Å²) >= 11 is 0. The monoisotopic (exact) mass is 356 g/mol. The molecule has 0 unspecified atom stereocenters. The summed E-state index contributed by atoms with van der Waals surface area (Å²) in [5, 5.41) is 0. The van der Waals surface area contributed by atoms with Crippen LogP contribution >= 0.6 is 0 Å². The van der Waals surface area contributed by atoms with Gasteiger partial charge in [-0.25, -0.2) is 0 Å². The number of pyridine rings is 1. The lowest BCUT2D eigenvalue weighted by Gasteiger charge is -2.38. The highest BCUT2D eigenvalue weighted by molar-refractivity contribution is 5.78. The summed E-state index contributed by atoms with van der Waals surface area (Å²) < 4.78 is 12.2. The molecule has 0 N–H and O–H groups in total. The second kappa shape index (κ2) is 7.78. The smallest absolute Gasteiger partial charge is 0.226 e. The maximum Gasteiger partial charge on any atom is 0.226 e. The molecule has 2 fully saturated rings. The van der Waals surface area contributed by atoms with Crippen molar-refractivity contribution in [2.45, 2.75) is 63.1 Å². The summed E-state index contributed by atoms with van der Waals surface area (Å²) in [6.07, 6.45) is 13.9. The van der Waals surface area contributed by atoms with E-state index in [1.807, 2.05) is 17.0 Å². The van der Waals surface area contributed by atoms with Gasteiger partial charge in [0.2, 0.25) is 5.91 Å². The van der Waals surface area contributed by atoms with E-state index in [1.54, 1.807) is 12.4 Å². The van der Waals surface area contributed by atoms with Gasteiger partial charge in [0.15, 0.2) is 0 Å². The molecule has 0 aromatic carbocycles. The number of carbonyl (C=O) groups excluding carboxylic acids is 1. The Morgan fingerprint density at radius 1 is 1.35 bits per heavy atom. The first-order chi connectivity index (χ1) is 12.7. The van der Waals surface area contributed by atoms with E-state index in [4.69, 9.17) is 9.47 Å². The van der Waals surface area contributed by atoms with E-state index in [0.29, 0.717) is 13.0 Å². The average Bonchev–Trinajstić information content (AvgIpc) is 3.06. The van der Waals surface area contributed by atoms with Crippen LogP contribution in [-0.2, 0) is 9.53 Å². The van der Waals surface area contributed by atoms with E-state index in [0.717, 1.165) is 50.9 Å². The van der Waals surface area contributed by atoms with Crippen molar-refractivity contribution >= 4 is 5.91 Å². The molecule has 0 radical (unpaired) electrons. The van der Waals surface area contributed by atoms with Crippen molar-refractivity contribution in [3.8, 4) is 5.75 Å². The van der Waals surface area contributed by atoms with Crippen molar-refractivity contribution in [3.05, 3.63) is 36.2 Å². The summed E-state index contributed by atoms with van der Waals surface area (Å²) in [4.78, 5) is 18.7.